The highest BCUT2D eigenvalue weighted by Crippen LogP contribution is 2.21. The zero-order chi connectivity index (χ0) is 26.0. The number of aryl methyl sites for hydroxylation is 1. The molecule has 1 saturated carbocycles. The predicted molar refractivity (Wildman–Crippen MR) is 150 cm³/mol. The molecule has 5 nitrogen and oxygen atoms in total. The van der Waals surface area contributed by atoms with Crippen LogP contribution in [-0.4, -0.2) is 35.4 Å². The first-order chi connectivity index (χ1) is 18.0. The van der Waals surface area contributed by atoms with E-state index in [1.165, 1.54) is 5.56 Å². The molecule has 0 heterocycles. The van der Waals surface area contributed by atoms with Crippen LogP contribution in [0.2, 0.25) is 0 Å². The molecule has 0 radical (unpaired) electrons. The minimum atomic E-state index is -0.652. The number of hydrogen-bond acceptors (Lipinski definition) is 3. The van der Waals surface area contributed by atoms with Gasteiger partial charge in [0, 0.05) is 23.5 Å². The summed E-state index contributed by atoms with van der Waals surface area (Å²) in [5.74, 6) is 0.316. The van der Waals surface area contributed by atoms with Crippen LogP contribution in [0.4, 0.5) is 0 Å². The van der Waals surface area contributed by atoms with Crippen molar-refractivity contribution < 1.29 is 14.3 Å². The van der Waals surface area contributed by atoms with Gasteiger partial charge in [0.05, 0.1) is 0 Å². The average Bonchev–Trinajstić information content (AvgIpc) is 3.43. The second-order valence-electron chi connectivity index (χ2n) is 9.63. The van der Waals surface area contributed by atoms with Crippen LogP contribution in [0.1, 0.15) is 49.3 Å². The fraction of sp³-hybridized carbons (Fsp3) is 0.355. The molecule has 1 N–H and O–H groups in total. The Morgan fingerprint density at radius 2 is 1.65 bits per heavy atom. The number of benzene rings is 3. The van der Waals surface area contributed by atoms with Gasteiger partial charge >= 0.3 is 0 Å². The molecule has 1 fully saturated rings. The van der Waals surface area contributed by atoms with E-state index in [0.717, 1.165) is 47.7 Å². The number of carbonyl (C=O) groups is 2. The normalized spacial score (nSPS) is 14.2. The quantitative estimate of drug-likeness (QED) is 0.307. The molecule has 0 bridgehead atoms. The standard InChI is InChI=1S/C31H35BrN2O3/c1-2-23-15-17-28(18-16-23)37-22-30(35)34(21-25-11-8-12-26(32)19-25)29(20-24-9-4-3-5-10-24)31(36)33-27-13-6-7-14-27/h3-5,8-12,15-19,27,29H,2,6-7,13-14,20-22H2,1H3,(H,33,36)/t29-/m0/s1. The summed E-state index contributed by atoms with van der Waals surface area (Å²) in [4.78, 5) is 29.1. The molecule has 3 aromatic rings. The number of carbonyl (C=O) groups excluding carboxylic acids is 2. The highest BCUT2D eigenvalue weighted by atomic mass is 79.9. The Morgan fingerprint density at radius 3 is 2.32 bits per heavy atom. The molecular weight excluding hydrogens is 528 g/mol. The molecule has 1 aliphatic rings. The van der Waals surface area contributed by atoms with Crippen LogP contribution in [0, 0.1) is 0 Å². The summed E-state index contributed by atoms with van der Waals surface area (Å²) in [7, 11) is 0. The van der Waals surface area contributed by atoms with E-state index in [0.29, 0.717) is 18.7 Å². The summed E-state index contributed by atoms with van der Waals surface area (Å²) < 4.78 is 6.82. The number of nitrogens with one attached hydrogen (secondary N) is 1. The fourth-order valence-corrected chi connectivity index (χ4v) is 5.25. The minimum Gasteiger partial charge on any atom is -0.484 e. The van der Waals surface area contributed by atoms with Crippen LogP contribution in [-0.2, 0) is 29.0 Å². The maximum absolute atomic E-state index is 13.7. The third kappa shape index (κ3) is 7.93. The monoisotopic (exact) mass is 562 g/mol. The lowest BCUT2D eigenvalue weighted by atomic mass is 10.0. The number of halogens is 1. The Balaban J connectivity index is 1.59. The first-order valence-electron chi connectivity index (χ1n) is 13.1. The van der Waals surface area contributed by atoms with Gasteiger partial charge in [-0.2, -0.15) is 0 Å². The van der Waals surface area contributed by atoms with Crippen LogP contribution in [0.15, 0.2) is 83.3 Å². The van der Waals surface area contributed by atoms with Gasteiger partial charge in [-0.25, -0.2) is 0 Å². The smallest absolute Gasteiger partial charge is 0.261 e. The highest BCUT2D eigenvalue weighted by Gasteiger charge is 2.32. The van der Waals surface area contributed by atoms with E-state index in [1.807, 2.05) is 78.9 Å². The summed E-state index contributed by atoms with van der Waals surface area (Å²) in [6.07, 6.45) is 5.60. The van der Waals surface area contributed by atoms with Crippen LogP contribution in [0.25, 0.3) is 0 Å². The van der Waals surface area contributed by atoms with E-state index < -0.39 is 6.04 Å². The number of nitrogens with zero attached hydrogens (tertiary/aromatic N) is 1. The second kappa shape index (κ2) is 13.4. The minimum absolute atomic E-state index is 0.105. The van der Waals surface area contributed by atoms with E-state index in [-0.39, 0.29) is 24.5 Å². The van der Waals surface area contributed by atoms with Crippen molar-refractivity contribution in [2.45, 2.75) is 64.1 Å². The number of rotatable bonds is 11. The van der Waals surface area contributed by atoms with E-state index in [1.54, 1.807) is 4.90 Å². The van der Waals surface area contributed by atoms with Gasteiger partial charge in [0.1, 0.15) is 11.8 Å². The number of ether oxygens (including phenoxy) is 1. The number of hydrogen-bond donors (Lipinski definition) is 1. The van der Waals surface area contributed by atoms with Crippen molar-refractivity contribution in [3.8, 4) is 5.75 Å². The summed E-state index contributed by atoms with van der Waals surface area (Å²) in [5, 5.41) is 3.24. The lowest BCUT2D eigenvalue weighted by Gasteiger charge is -2.32. The van der Waals surface area contributed by atoms with Gasteiger partial charge in [-0.05, 0) is 60.2 Å². The predicted octanol–water partition coefficient (Wildman–Crippen LogP) is 6.09. The van der Waals surface area contributed by atoms with Crippen molar-refractivity contribution in [3.63, 3.8) is 0 Å². The topological polar surface area (TPSA) is 58.6 Å². The molecule has 0 spiro atoms. The molecule has 0 saturated heterocycles. The molecule has 3 aromatic carbocycles. The Kier molecular flexibility index (Phi) is 9.78. The molecule has 1 atom stereocenters. The summed E-state index contributed by atoms with van der Waals surface area (Å²) in [6.45, 7) is 2.27. The third-order valence-electron chi connectivity index (χ3n) is 6.91. The summed E-state index contributed by atoms with van der Waals surface area (Å²) >= 11 is 3.53. The van der Waals surface area contributed by atoms with Gasteiger partial charge in [0.15, 0.2) is 6.61 Å². The Bertz CT molecular complexity index is 1160. The maximum atomic E-state index is 13.7. The van der Waals surface area contributed by atoms with Crippen molar-refractivity contribution in [2.75, 3.05) is 6.61 Å². The molecule has 1 aliphatic carbocycles. The van der Waals surface area contributed by atoms with E-state index in [2.05, 4.69) is 28.2 Å². The molecule has 194 valence electrons. The van der Waals surface area contributed by atoms with Crippen LogP contribution in [0.3, 0.4) is 0 Å². The maximum Gasteiger partial charge on any atom is 0.261 e. The van der Waals surface area contributed by atoms with Gasteiger partial charge in [-0.1, -0.05) is 90.3 Å². The molecular formula is C31H35BrN2O3. The fourth-order valence-electron chi connectivity index (χ4n) is 4.80. The summed E-state index contributed by atoms with van der Waals surface area (Å²) in [5.41, 5.74) is 3.17. The van der Waals surface area contributed by atoms with Crippen LogP contribution < -0.4 is 10.1 Å². The largest absolute Gasteiger partial charge is 0.484 e. The lowest BCUT2D eigenvalue weighted by Crippen LogP contribution is -2.53. The molecule has 0 aliphatic heterocycles. The van der Waals surface area contributed by atoms with Gasteiger partial charge in [0.2, 0.25) is 5.91 Å². The molecule has 2 amide bonds. The Morgan fingerprint density at radius 1 is 0.946 bits per heavy atom. The third-order valence-corrected chi connectivity index (χ3v) is 7.40. The molecule has 6 heteroatoms. The van der Waals surface area contributed by atoms with E-state index in [4.69, 9.17) is 4.74 Å². The van der Waals surface area contributed by atoms with Crippen molar-refractivity contribution in [3.05, 3.63) is 100 Å². The zero-order valence-electron chi connectivity index (χ0n) is 21.4. The number of amides is 2. The molecule has 0 unspecified atom stereocenters. The van der Waals surface area contributed by atoms with Gasteiger partial charge in [-0.15, -0.1) is 0 Å². The Labute approximate surface area is 228 Å². The molecule has 37 heavy (non-hydrogen) atoms. The van der Waals surface area contributed by atoms with Gasteiger partial charge < -0.3 is 15.0 Å². The average molecular weight is 564 g/mol. The molecule has 4 rings (SSSR count). The van der Waals surface area contributed by atoms with E-state index in [9.17, 15) is 9.59 Å². The van der Waals surface area contributed by atoms with Crippen molar-refractivity contribution >= 4 is 27.7 Å². The van der Waals surface area contributed by atoms with Crippen molar-refractivity contribution in [2.24, 2.45) is 0 Å². The Hall–Kier alpha value is -3.12. The highest BCUT2D eigenvalue weighted by molar-refractivity contribution is 9.10. The summed E-state index contributed by atoms with van der Waals surface area (Å²) in [6, 6.07) is 25.1. The lowest BCUT2D eigenvalue weighted by molar-refractivity contribution is -0.143. The first kappa shape index (κ1) is 26.9. The first-order valence-corrected chi connectivity index (χ1v) is 13.9. The van der Waals surface area contributed by atoms with Crippen molar-refractivity contribution in [1.82, 2.24) is 10.2 Å². The zero-order valence-corrected chi connectivity index (χ0v) is 23.0. The second-order valence-corrected chi connectivity index (χ2v) is 10.5. The van der Waals surface area contributed by atoms with Crippen LogP contribution in [0.5, 0.6) is 5.75 Å². The SMILES string of the molecule is CCc1ccc(OCC(=O)N(Cc2cccc(Br)c2)[C@@H](Cc2ccccc2)C(=O)NC2CCCC2)cc1. The van der Waals surface area contributed by atoms with Gasteiger partial charge in [-0.3, -0.25) is 9.59 Å². The van der Waals surface area contributed by atoms with Crippen molar-refractivity contribution in [1.29, 1.82) is 0 Å². The molecule has 0 aromatic heterocycles. The van der Waals surface area contributed by atoms with Crippen LogP contribution >= 0.6 is 15.9 Å². The van der Waals surface area contributed by atoms with E-state index >= 15 is 0 Å². The van der Waals surface area contributed by atoms with Gasteiger partial charge in [0.25, 0.3) is 5.91 Å².